The zero-order chi connectivity index (χ0) is 13.3. The predicted octanol–water partition coefficient (Wildman–Crippen LogP) is 4.13. The van der Waals surface area contributed by atoms with Crippen LogP contribution in [-0.4, -0.2) is 12.7 Å². The van der Waals surface area contributed by atoms with Gasteiger partial charge in [0, 0.05) is 0 Å². The van der Waals surface area contributed by atoms with Gasteiger partial charge in [-0.2, -0.15) is 8.78 Å². The number of halogens is 2. The fourth-order valence-electron chi connectivity index (χ4n) is 1.63. The summed E-state index contributed by atoms with van der Waals surface area (Å²) in [6.07, 6.45) is 2.11. The summed E-state index contributed by atoms with van der Waals surface area (Å²) in [5.74, 6) is 0.537. The fourth-order valence-corrected chi connectivity index (χ4v) is 1.63. The second-order valence-electron chi connectivity index (χ2n) is 5.61. The maximum atomic E-state index is 12.3. The van der Waals surface area contributed by atoms with Crippen molar-refractivity contribution in [1.82, 2.24) is 0 Å². The second-order valence-corrected chi connectivity index (χ2v) is 5.61. The molecule has 0 atom stereocenters. The molecule has 0 aromatic heterocycles. The van der Waals surface area contributed by atoms with Crippen molar-refractivity contribution in [3.63, 3.8) is 0 Å². The van der Waals surface area contributed by atoms with Crippen LogP contribution >= 0.6 is 0 Å². The number of hydrogen-bond donors (Lipinski definition) is 0. The van der Waals surface area contributed by atoms with Gasteiger partial charge in [-0.1, -0.05) is 26.8 Å². The summed E-state index contributed by atoms with van der Waals surface area (Å²) in [4.78, 5) is 0. The molecule has 1 aliphatic carbocycles. The molecule has 2 rings (SSSR count). The molecule has 0 heterocycles. The van der Waals surface area contributed by atoms with Gasteiger partial charge in [0.2, 0.25) is 0 Å². The van der Waals surface area contributed by atoms with Crippen LogP contribution in [0.3, 0.4) is 0 Å². The lowest BCUT2D eigenvalue weighted by Gasteiger charge is -2.21. The van der Waals surface area contributed by atoms with E-state index in [-0.39, 0.29) is 17.3 Å². The van der Waals surface area contributed by atoms with E-state index in [0.717, 1.165) is 18.4 Å². The Morgan fingerprint density at radius 2 is 1.83 bits per heavy atom. The van der Waals surface area contributed by atoms with E-state index in [2.05, 4.69) is 25.5 Å². The average Bonchev–Trinajstić information content (AvgIpc) is 3.02. The quantitative estimate of drug-likeness (QED) is 0.806. The monoisotopic (exact) mass is 256 g/mol. The van der Waals surface area contributed by atoms with E-state index >= 15 is 0 Å². The molecule has 0 bridgehead atoms. The molecule has 4 heteroatoms. The lowest BCUT2D eigenvalue weighted by atomic mass is 9.87. The van der Waals surface area contributed by atoms with Crippen LogP contribution in [0.15, 0.2) is 18.2 Å². The highest BCUT2D eigenvalue weighted by molar-refractivity contribution is 5.45. The Morgan fingerprint density at radius 1 is 1.17 bits per heavy atom. The van der Waals surface area contributed by atoms with Crippen molar-refractivity contribution in [1.29, 1.82) is 0 Å². The molecule has 0 N–H and O–H groups in total. The third kappa shape index (κ3) is 3.34. The van der Waals surface area contributed by atoms with Crippen molar-refractivity contribution in [2.75, 3.05) is 0 Å². The molecule has 1 aromatic rings. The largest absolute Gasteiger partial charge is 0.487 e. The lowest BCUT2D eigenvalue weighted by Crippen LogP contribution is -2.12. The number of alkyl halides is 2. The van der Waals surface area contributed by atoms with Crippen molar-refractivity contribution in [2.24, 2.45) is 0 Å². The summed E-state index contributed by atoms with van der Waals surface area (Å²) < 4.78 is 34.7. The van der Waals surface area contributed by atoms with Gasteiger partial charge in [0.1, 0.15) is 0 Å². The number of benzene rings is 1. The first-order valence-electron chi connectivity index (χ1n) is 6.12. The minimum Gasteiger partial charge on any atom is -0.487 e. The maximum Gasteiger partial charge on any atom is 0.387 e. The molecular formula is C14H18F2O2. The molecule has 0 unspecified atom stereocenters. The number of hydrogen-bond acceptors (Lipinski definition) is 2. The van der Waals surface area contributed by atoms with Crippen molar-refractivity contribution in [3.05, 3.63) is 23.8 Å². The van der Waals surface area contributed by atoms with Gasteiger partial charge in [0.05, 0.1) is 6.10 Å². The van der Waals surface area contributed by atoms with Crippen LogP contribution in [0.1, 0.15) is 39.2 Å². The smallest absolute Gasteiger partial charge is 0.387 e. The van der Waals surface area contributed by atoms with Crippen molar-refractivity contribution >= 4 is 0 Å². The molecule has 1 aliphatic rings. The Bertz CT molecular complexity index is 420. The van der Waals surface area contributed by atoms with Gasteiger partial charge in [-0.05, 0) is 36.0 Å². The molecule has 100 valence electrons. The first-order valence-corrected chi connectivity index (χ1v) is 6.12. The van der Waals surface area contributed by atoms with Crippen molar-refractivity contribution in [2.45, 2.75) is 51.7 Å². The minimum absolute atomic E-state index is 0.0506. The Labute approximate surface area is 106 Å². The van der Waals surface area contributed by atoms with Gasteiger partial charge in [0.15, 0.2) is 11.5 Å². The normalized spacial score (nSPS) is 15.9. The van der Waals surface area contributed by atoms with Crippen LogP contribution in [-0.2, 0) is 5.41 Å². The standard InChI is InChI=1S/C14H18F2O2/c1-14(2,3)9-4-7-11(18-13(15)16)12(8-9)17-10-5-6-10/h4,7-8,10,13H,5-6H2,1-3H3. The van der Waals surface area contributed by atoms with Crippen molar-refractivity contribution < 1.29 is 18.3 Å². The Hall–Kier alpha value is -1.32. The fraction of sp³-hybridized carbons (Fsp3) is 0.571. The van der Waals surface area contributed by atoms with Gasteiger partial charge < -0.3 is 9.47 Å². The zero-order valence-electron chi connectivity index (χ0n) is 10.9. The molecule has 0 saturated heterocycles. The van der Waals surface area contributed by atoms with Gasteiger partial charge in [-0.3, -0.25) is 0 Å². The van der Waals surface area contributed by atoms with E-state index in [1.807, 2.05) is 0 Å². The lowest BCUT2D eigenvalue weighted by molar-refractivity contribution is -0.0516. The van der Waals surface area contributed by atoms with Gasteiger partial charge in [-0.25, -0.2) is 0 Å². The third-order valence-electron chi connectivity index (χ3n) is 2.84. The summed E-state index contributed by atoms with van der Waals surface area (Å²) in [5.41, 5.74) is 0.991. The summed E-state index contributed by atoms with van der Waals surface area (Å²) >= 11 is 0. The van der Waals surface area contributed by atoms with Crippen LogP contribution in [0, 0.1) is 0 Å². The molecule has 0 radical (unpaired) electrons. The summed E-state index contributed by atoms with van der Waals surface area (Å²) in [7, 11) is 0. The molecule has 0 aliphatic heterocycles. The Morgan fingerprint density at radius 3 is 2.33 bits per heavy atom. The van der Waals surface area contributed by atoms with E-state index in [4.69, 9.17) is 4.74 Å². The predicted molar refractivity (Wildman–Crippen MR) is 65.4 cm³/mol. The van der Waals surface area contributed by atoms with Crippen LogP contribution in [0.2, 0.25) is 0 Å². The number of ether oxygens (including phenoxy) is 2. The summed E-state index contributed by atoms with van der Waals surface area (Å²) in [6, 6.07) is 5.16. The molecule has 1 saturated carbocycles. The van der Waals surface area contributed by atoms with Crippen molar-refractivity contribution in [3.8, 4) is 11.5 Å². The van der Waals surface area contributed by atoms with Gasteiger partial charge >= 0.3 is 6.61 Å². The highest BCUT2D eigenvalue weighted by Crippen LogP contribution is 2.37. The van der Waals surface area contributed by atoms with Gasteiger partial charge in [0.25, 0.3) is 0 Å². The third-order valence-corrected chi connectivity index (χ3v) is 2.84. The van der Waals surface area contributed by atoms with E-state index < -0.39 is 6.61 Å². The van der Waals surface area contributed by atoms with E-state index in [1.54, 1.807) is 18.2 Å². The molecule has 1 aromatic carbocycles. The molecule has 0 spiro atoms. The Kier molecular flexibility index (Phi) is 3.46. The SMILES string of the molecule is CC(C)(C)c1ccc(OC(F)F)c(OC2CC2)c1. The van der Waals surface area contributed by atoms with Gasteiger partial charge in [-0.15, -0.1) is 0 Å². The summed E-state index contributed by atoms with van der Waals surface area (Å²) in [6.45, 7) is 3.37. The zero-order valence-corrected chi connectivity index (χ0v) is 10.9. The molecule has 1 fully saturated rings. The van der Waals surface area contributed by atoms with Crippen LogP contribution in [0.5, 0.6) is 11.5 Å². The minimum atomic E-state index is -2.83. The van der Waals surface area contributed by atoms with Crippen LogP contribution < -0.4 is 9.47 Å². The highest BCUT2D eigenvalue weighted by Gasteiger charge is 2.26. The Balaban J connectivity index is 2.28. The molecular weight excluding hydrogens is 238 g/mol. The molecule has 18 heavy (non-hydrogen) atoms. The maximum absolute atomic E-state index is 12.3. The first kappa shape index (κ1) is 13.1. The topological polar surface area (TPSA) is 18.5 Å². The second kappa shape index (κ2) is 4.75. The van der Waals surface area contributed by atoms with Crippen LogP contribution in [0.4, 0.5) is 8.78 Å². The molecule has 0 amide bonds. The average molecular weight is 256 g/mol. The molecule has 2 nitrogen and oxygen atoms in total. The van der Waals surface area contributed by atoms with E-state index in [1.165, 1.54) is 0 Å². The van der Waals surface area contributed by atoms with Crippen LogP contribution in [0.25, 0.3) is 0 Å². The highest BCUT2D eigenvalue weighted by atomic mass is 19.3. The van der Waals surface area contributed by atoms with E-state index in [0.29, 0.717) is 5.75 Å². The van der Waals surface area contributed by atoms with E-state index in [9.17, 15) is 8.78 Å². The summed E-state index contributed by atoms with van der Waals surface area (Å²) in [5, 5.41) is 0. The first-order chi connectivity index (χ1) is 8.36. The number of rotatable bonds is 4.